The first kappa shape index (κ1) is 21.3. The molecule has 0 spiro atoms. The molecule has 8 nitrogen and oxygen atoms in total. The zero-order valence-electron chi connectivity index (χ0n) is 16.5. The van der Waals surface area contributed by atoms with Crippen LogP contribution in [0.15, 0.2) is 36.4 Å². The monoisotopic (exact) mass is 443 g/mol. The number of amides is 2. The van der Waals surface area contributed by atoms with Crippen molar-refractivity contribution < 1.29 is 27.5 Å². The molecule has 1 fully saturated rings. The molecule has 3 heterocycles. The van der Waals surface area contributed by atoms with E-state index in [9.17, 15) is 22.8 Å². The second kappa shape index (κ2) is 8.32. The van der Waals surface area contributed by atoms with Gasteiger partial charge < -0.3 is 19.9 Å². The Balaban J connectivity index is 1.62. The number of aromatic nitrogens is 2. The molecule has 2 N–H and O–H groups in total. The first-order valence-electron chi connectivity index (χ1n) is 9.56. The van der Waals surface area contributed by atoms with Crippen LogP contribution in [0.5, 0.6) is 0 Å². The van der Waals surface area contributed by atoms with E-state index in [1.807, 2.05) is 6.07 Å². The van der Waals surface area contributed by atoms with Gasteiger partial charge in [0.25, 0.3) is 0 Å². The smallest absolute Gasteiger partial charge is 0.378 e. The molecule has 1 saturated heterocycles. The Morgan fingerprint density at radius 1 is 1.16 bits per heavy atom. The number of benzene rings is 1. The van der Waals surface area contributed by atoms with Gasteiger partial charge in [0.1, 0.15) is 11.5 Å². The van der Waals surface area contributed by atoms with E-state index in [1.165, 1.54) is 17.0 Å². The maximum atomic E-state index is 13.5. The van der Waals surface area contributed by atoms with Crippen molar-refractivity contribution in [1.29, 1.82) is 5.26 Å². The summed E-state index contributed by atoms with van der Waals surface area (Å²) in [5.74, 6) is -1.52. The van der Waals surface area contributed by atoms with Crippen molar-refractivity contribution in [2.24, 2.45) is 0 Å². The molecular formula is C21H16F3N5O3. The number of H-pyrrole nitrogens is 1. The van der Waals surface area contributed by atoms with Crippen molar-refractivity contribution in [3.63, 3.8) is 0 Å². The number of morpholine rings is 1. The molecule has 164 valence electrons. The fraction of sp³-hybridized carbons (Fsp3) is 0.238. The van der Waals surface area contributed by atoms with Crippen LogP contribution in [0, 0.1) is 11.3 Å². The lowest BCUT2D eigenvalue weighted by Crippen LogP contribution is -2.45. The van der Waals surface area contributed by atoms with Gasteiger partial charge in [-0.1, -0.05) is 0 Å². The molecular weight excluding hydrogens is 427 g/mol. The molecule has 0 saturated carbocycles. The van der Waals surface area contributed by atoms with Crippen LogP contribution in [0.3, 0.4) is 0 Å². The van der Waals surface area contributed by atoms with E-state index in [0.29, 0.717) is 31.7 Å². The Morgan fingerprint density at radius 2 is 1.91 bits per heavy atom. The summed E-state index contributed by atoms with van der Waals surface area (Å²) in [7, 11) is 0. The van der Waals surface area contributed by atoms with Gasteiger partial charge >= 0.3 is 18.0 Å². The molecule has 4 rings (SSSR count). The number of nitrogens with zero attached hydrogens (tertiary/aromatic N) is 3. The topological polar surface area (TPSA) is 111 Å². The van der Waals surface area contributed by atoms with Crippen LogP contribution >= 0.6 is 0 Å². The van der Waals surface area contributed by atoms with Gasteiger partial charge in [-0.3, -0.25) is 9.59 Å². The summed E-state index contributed by atoms with van der Waals surface area (Å²) >= 11 is 0. The molecule has 11 heteroatoms. The summed E-state index contributed by atoms with van der Waals surface area (Å²) in [5.41, 5.74) is -0.679. The third-order valence-electron chi connectivity index (χ3n) is 4.96. The molecule has 32 heavy (non-hydrogen) atoms. The SMILES string of the molecule is N#Cc1ccc(C(F)(F)F)c(-c2cc3ccc(NC(=O)C(=O)N4CCOCC4)nc3[nH]2)c1. The van der Waals surface area contributed by atoms with E-state index in [1.54, 1.807) is 6.07 Å². The highest BCUT2D eigenvalue weighted by atomic mass is 19.4. The second-order valence-corrected chi connectivity index (χ2v) is 7.05. The molecule has 0 radical (unpaired) electrons. The highest BCUT2D eigenvalue weighted by molar-refractivity contribution is 6.39. The lowest BCUT2D eigenvalue weighted by atomic mass is 10.0. The Morgan fingerprint density at radius 3 is 2.59 bits per heavy atom. The third-order valence-corrected chi connectivity index (χ3v) is 4.96. The van der Waals surface area contributed by atoms with Gasteiger partial charge in [-0.2, -0.15) is 18.4 Å². The number of hydrogen-bond donors (Lipinski definition) is 2. The number of ether oxygens (including phenoxy) is 1. The second-order valence-electron chi connectivity index (χ2n) is 7.05. The number of carbonyl (C=O) groups is 2. The minimum atomic E-state index is -4.62. The number of rotatable bonds is 2. The van der Waals surface area contributed by atoms with Gasteiger partial charge in [0.2, 0.25) is 0 Å². The number of halogens is 3. The maximum Gasteiger partial charge on any atom is 0.417 e. The number of nitriles is 1. The number of anilines is 1. The number of hydrogen-bond acceptors (Lipinski definition) is 5. The molecule has 1 aliphatic heterocycles. The number of pyridine rings is 1. The van der Waals surface area contributed by atoms with Gasteiger partial charge in [-0.05, 0) is 36.4 Å². The van der Waals surface area contributed by atoms with Crippen LogP contribution in [0.4, 0.5) is 19.0 Å². The quantitative estimate of drug-likeness (QED) is 0.592. The van der Waals surface area contributed by atoms with E-state index in [0.717, 1.165) is 18.2 Å². The van der Waals surface area contributed by atoms with Crippen molar-refractivity contribution in [3.05, 3.63) is 47.5 Å². The first-order valence-corrected chi connectivity index (χ1v) is 9.56. The van der Waals surface area contributed by atoms with E-state index in [2.05, 4.69) is 15.3 Å². The van der Waals surface area contributed by atoms with E-state index >= 15 is 0 Å². The Labute approximate surface area is 179 Å². The third kappa shape index (κ3) is 4.26. The lowest BCUT2D eigenvalue weighted by molar-refractivity contribution is -0.145. The minimum absolute atomic E-state index is 0.0688. The summed E-state index contributed by atoms with van der Waals surface area (Å²) in [6, 6.07) is 9.41. The van der Waals surface area contributed by atoms with E-state index in [-0.39, 0.29) is 28.3 Å². The van der Waals surface area contributed by atoms with Gasteiger partial charge in [-0.25, -0.2) is 4.98 Å². The predicted molar refractivity (Wildman–Crippen MR) is 107 cm³/mol. The van der Waals surface area contributed by atoms with Gasteiger partial charge in [-0.15, -0.1) is 0 Å². The zero-order valence-corrected chi connectivity index (χ0v) is 16.5. The molecule has 0 atom stereocenters. The summed E-state index contributed by atoms with van der Waals surface area (Å²) in [4.78, 5) is 32.8. The number of alkyl halides is 3. The molecule has 2 amide bonds. The Kier molecular flexibility index (Phi) is 5.54. The van der Waals surface area contributed by atoms with Gasteiger partial charge in [0.05, 0.1) is 30.4 Å². The average Bonchev–Trinajstić information content (AvgIpc) is 3.21. The Bertz CT molecular complexity index is 1240. The highest BCUT2D eigenvalue weighted by Crippen LogP contribution is 2.38. The molecule has 0 aliphatic carbocycles. The fourth-order valence-corrected chi connectivity index (χ4v) is 3.38. The number of carbonyl (C=O) groups excluding carboxylic acids is 2. The van der Waals surface area contributed by atoms with Crippen LogP contribution in [0.1, 0.15) is 11.1 Å². The summed E-state index contributed by atoms with van der Waals surface area (Å²) in [5, 5.41) is 12.0. The van der Waals surface area contributed by atoms with Crippen LogP contribution in [-0.2, 0) is 20.5 Å². The number of nitrogens with one attached hydrogen (secondary N) is 2. The van der Waals surface area contributed by atoms with Crippen molar-refractivity contribution in [1.82, 2.24) is 14.9 Å². The summed E-state index contributed by atoms with van der Waals surface area (Å²) < 4.78 is 45.5. The molecule has 0 unspecified atom stereocenters. The number of aromatic amines is 1. The van der Waals surface area contributed by atoms with E-state index in [4.69, 9.17) is 10.00 Å². The van der Waals surface area contributed by atoms with Gasteiger partial charge in [0.15, 0.2) is 0 Å². The summed E-state index contributed by atoms with van der Waals surface area (Å²) in [6.45, 7) is 1.31. The van der Waals surface area contributed by atoms with Crippen molar-refractivity contribution in [2.75, 3.05) is 31.6 Å². The van der Waals surface area contributed by atoms with Crippen molar-refractivity contribution in [3.8, 4) is 17.3 Å². The number of fused-ring (bicyclic) bond motifs is 1. The average molecular weight is 443 g/mol. The van der Waals surface area contributed by atoms with Crippen LogP contribution in [0.2, 0.25) is 0 Å². The Hall–Kier alpha value is -3.91. The van der Waals surface area contributed by atoms with Crippen LogP contribution in [-0.4, -0.2) is 53.0 Å². The predicted octanol–water partition coefficient (Wildman–Crippen LogP) is 2.92. The molecule has 3 aromatic rings. The maximum absolute atomic E-state index is 13.5. The van der Waals surface area contributed by atoms with Gasteiger partial charge in [0, 0.05) is 29.7 Å². The summed E-state index contributed by atoms with van der Waals surface area (Å²) in [6.07, 6.45) is -4.62. The standard InChI is InChI=1S/C21H16F3N5O3/c22-21(23,24)15-3-1-12(11-25)9-14(15)16-10-13-2-4-17(27-18(13)26-16)28-19(30)20(31)29-5-7-32-8-6-29/h1-4,9-10H,5-8H2,(H2,26,27,28,30). The first-order chi connectivity index (χ1) is 15.3. The normalized spacial score (nSPS) is 14.2. The minimum Gasteiger partial charge on any atom is -0.378 e. The van der Waals surface area contributed by atoms with Crippen LogP contribution < -0.4 is 5.32 Å². The van der Waals surface area contributed by atoms with Crippen molar-refractivity contribution in [2.45, 2.75) is 6.18 Å². The van der Waals surface area contributed by atoms with Crippen molar-refractivity contribution >= 4 is 28.7 Å². The lowest BCUT2D eigenvalue weighted by Gasteiger charge is -2.25. The zero-order chi connectivity index (χ0) is 22.9. The molecule has 1 aliphatic rings. The molecule has 0 bridgehead atoms. The van der Waals surface area contributed by atoms with E-state index < -0.39 is 23.6 Å². The molecule has 2 aromatic heterocycles. The highest BCUT2D eigenvalue weighted by Gasteiger charge is 2.34. The molecule has 1 aromatic carbocycles. The van der Waals surface area contributed by atoms with Crippen LogP contribution in [0.25, 0.3) is 22.3 Å². The fourth-order valence-electron chi connectivity index (χ4n) is 3.38. The largest absolute Gasteiger partial charge is 0.417 e.